The molecule has 0 heterocycles. The van der Waals surface area contributed by atoms with Crippen molar-refractivity contribution in [1.82, 2.24) is 5.32 Å². The number of nitro groups is 1. The highest BCUT2D eigenvalue weighted by atomic mass is 16.6. The Morgan fingerprint density at radius 1 is 1.29 bits per heavy atom. The van der Waals surface area contributed by atoms with E-state index >= 15 is 0 Å². The molecule has 1 amide bonds. The van der Waals surface area contributed by atoms with E-state index in [-0.39, 0.29) is 11.3 Å². The van der Waals surface area contributed by atoms with Gasteiger partial charge in [0.2, 0.25) is 11.4 Å². The summed E-state index contributed by atoms with van der Waals surface area (Å²) in [5.41, 5.74) is -2.79. The van der Waals surface area contributed by atoms with Gasteiger partial charge in [0.15, 0.2) is 0 Å². The molecule has 112 valence electrons. The minimum Gasteiger partial charge on any atom is -0.479 e. The average Bonchev–Trinajstić information content (AvgIpc) is 2.37. The van der Waals surface area contributed by atoms with Crippen LogP contribution in [0.3, 0.4) is 0 Å². The van der Waals surface area contributed by atoms with Gasteiger partial charge in [0.05, 0.1) is 4.92 Å². The molecule has 0 spiro atoms. The molecule has 3 N–H and O–H groups in total. The van der Waals surface area contributed by atoms with Crippen LogP contribution in [0.15, 0.2) is 24.3 Å². The van der Waals surface area contributed by atoms with E-state index in [1.165, 1.54) is 18.2 Å². The number of carbonyl (C=O) groups excluding carboxylic acids is 1. The summed E-state index contributed by atoms with van der Waals surface area (Å²) in [6, 6.07) is 4.89. The summed E-state index contributed by atoms with van der Waals surface area (Å²) in [5.74, 6) is -4.38. The number of aliphatic carboxylic acids is 2. The second-order valence-electron chi connectivity index (χ2n) is 4.30. The lowest BCUT2D eigenvalue weighted by Gasteiger charge is -2.25. The van der Waals surface area contributed by atoms with Crippen molar-refractivity contribution in [2.24, 2.45) is 0 Å². The van der Waals surface area contributed by atoms with E-state index < -0.39 is 34.7 Å². The van der Waals surface area contributed by atoms with Gasteiger partial charge in [0, 0.05) is 25.5 Å². The van der Waals surface area contributed by atoms with Gasteiger partial charge in [-0.05, 0) is 5.56 Å². The van der Waals surface area contributed by atoms with Crippen LogP contribution in [-0.4, -0.2) is 38.5 Å². The molecule has 0 aliphatic carbocycles. The van der Waals surface area contributed by atoms with Gasteiger partial charge in [-0.2, -0.15) is 0 Å². The molecule has 0 aliphatic rings. The Hall–Kier alpha value is -2.97. The van der Waals surface area contributed by atoms with Crippen molar-refractivity contribution in [3.05, 3.63) is 39.9 Å². The summed E-state index contributed by atoms with van der Waals surface area (Å²) < 4.78 is 0. The number of rotatable bonds is 6. The van der Waals surface area contributed by atoms with Gasteiger partial charge < -0.3 is 15.5 Å². The van der Waals surface area contributed by atoms with E-state index in [1.807, 2.05) is 5.32 Å². The van der Waals surface area contributed by atoms with Gasteiger partial charge in [-0.15, -0.1) is 0 Å². The number of benzene rings is 1. The summed E-state index contributed by atoms with van der Waals surface area (Å²) >= 11 is 0. The van der Waals surface area contributed by atoms with E-state index in [4.69, 9.17) is 10.2 Å². The Morgan fingerprint density at radius 3 is 2.29 bits per heavy atom. The number of nitrogens with zero attached hydrogens (tertiary/aromatic N) is 1. The summed E-state index contributed by atoms with van der Waals surface area (Å²) in [4.78, 5) is 43.6. The van der Waals surface area contributed by atoms with Gasteiger partial charge in [-0.3, -0.25) is 14.9 Å². The molecule has 21 heavy (non-hydrogen) atoms. The van der Waals surface area contributed by atoms with Crippen LogP contribution in [0.25, 0.3) is 0 Å². The number of carboxylic acid groups (broad SMARTS) is 2. The third-order valence-corrected chi connectivity index (χ3v) is 2.71. The maximum Gasteiger partial charge on any atom is 0.341 e. The van der Waals surface area contributed by atoms with Gasteiger partial charge in [-0.1, -0.05) is 12.1 Å². The zero-order chi connectivity index (χ0) is 16.2. The monoisotopic (exact) mass is 296 g/mol. The summed E-state index contributed by atoms with van der Waals surface area (Å²) in [5, 5.41) is 30.9. The highest BCUT2D eigenvalue weighted by molar-refractivity contribution is 6.06. The molecule has 0 atom stereocenters. The molecule has 1 aromatic carbocycles. The first-order valence-electron chi connectivity index (χ1n) is 5.68. The minimum absolute atomic E-state index is 0.0998. The fourth-order valence-corrected chi connectivity index (χ4v) is 1.78. The Kier molecular flexibility index (Phi) is 4.59. The van der Waals surface area contributed by atoms with Crippen LogP contribution >= 0.6 is 0 Å². The molecule has 0 radical (unpaired) electrons. The number of nitrogens with one attached hydrogen (secondary N) is 1. The van der Waals surface area contributed by atoms with Gasteiger partial charge in [-0.25, -0.2) is 9.59 Å². The third-order valence-electron chi connectivity index (χ3n) is 2.71. The minimum atomic E-state index is -2.58. The van der Waals surface area contributed by atoms with E-state index in [0.717, 1.165) is 13.0 Å². The van der Waals surface area contributed by atoms with E-state index in [1.54, 1.807) is 0 Å². The largest absolute Gasteiger partial charge is 0.479 e. The van der Waals surface area contributed by atoms with Crippen LogP contribution in [0.4, 0.5) is 5.69 Å². The summed E-state index contributed by atoms with van der Waals surface area (Å²) in [7, 11) is 0. The highest BCUT2D eigenvalue weighted by Gasteiger charge is 2.47. The molecule has 0 unspecified atom stereocenters. The second-order valence-corrected chi connectivity index (χ2v) is 4.30. The number of nitro benzene ring substituents is 1. The second kappa shape index (κ2) is 5.99. The predicted octanol–water partition coefficient (Wildman–Crippen LogP) is 0.181. The molecule has 0 saturated carbocycles. The number of non-ortho nitro benzene ring substituents is 1. The Morgan fingerprint density at radius 2 is 1.86 bits per heavy atom. The van der Waals surface area contributed by atoms with E-state index in [2.05, 4.69) is 0 Å². The van der Waals surface area contributed by atoms with Crippen molar-refractivity contribution >= 4 is 23.5 Å². The zero-order valence-corrected chi connectivity index (χ0v) is 10.9. The number of hydrogen-bond donors (Lipinski definition) is 3. The van der Waals surface area contributed by atoms with Crippen molar-refractivity contribution in [2.75, 3.05) is 0 Å². The SMILES string of the molecule is CC(=O)NC(Cc1cccc([N+](=O)[O-])c1)(C(=O)O)C(=O)O. The van der Waals surface area contributed by atoms with Crippen molar-refractivity contribution in [1.29, 1.82) is 0 Å². The predicted molar refractivity (Wildman–Crippen MR) is 68.6 cm³/mol. The maximum atomic E-state index is 11.3. The smallest absolute Gasteiger partial charge is 0.341 e. The lowest BCUT2D eigenvalue weighted by Crippen LogP contribution is -2.61. The molecule has 1 aromatic rings. The maximum absolute atomic E-state index is 11.3. The van der Waals surface area contributed by atoms with E-state index in [9.17, 15) is 24.5 Å². The lowest BCUT2D eigenvalue weighted by atomic mass is 9.90. The van der Waals surface area contributed by atoms with E-state index in [0.29, 0.717) is 0 Å². The molecule has 0 aliphatic heterocycles. The third kappa shape index (κ3) is 3.53. The Bertz CT molecular complexity index is 597. The molecule has 0 fully saturated rings. The van der Waals surface area contributed by atoms with Crippen molar-refractivity contribution in [3.63, 3.8) is 0 Å². The van der Waals surface area contributed by atoms with Gasteiger partial charge >= 0.3 is 11.9 Å². The van der Waals surface area contributed by atoms with Crippen LogP contribution in [-0.2, 0) is 20.8 Å². The summed E-state index contributed by atoms with van der Waals surface area (Å²) in [6.45, 7) is 0.980. The molecular weight excluding hydrogens is 284 g/mol. The number of amides is 1. The molecule has 1 rings (SSSR count). The van der Waals surface area contributed by atoms with Crippen molar-refractivity contribution in [3.8, 4) is 0 Å². The first kappa shape index (κ1) is 16.1. The van der Waals surface area contributed by atoms with Crippen LogP contribution in [0.2, 0.25) is 0 Å². The quantitative estimate of drug-likeness (QED) is 0.385. The molecule has 9 heteroatoms. The zero-order valence-electron chi connectivity index (χ0n) is 10.9. The number of carbonyl (C=O) groups is 3. The molecule has 0 saturated heterocycles. The van der Waals surface area contributed by atoms with Crippen LogP contribution in [0, 0.1) is 10.1 Å². The number of carboxylic acids is 2. The topological polar surface area (TPSA) is 147 Å². The van der Waals surface area contributed by atoms with Crippen molar-refractivity contribution in [2.45, 2.75) is 18.9 Å². The van der Waals surface area contributed by atoms with Crippen molar-refractivity contribution < 1.29 is 29.5 Å². The molecular formula is C12H12N2O7. The molecule has 9 nitrogen and oxygen atoms in total. The normalized spacial score (nSPS) is 10.7. The lowest BCUT2D eigenvalue weighted by molar-refractivity contribution is -0.384. The standard InChI is InChI=1S/C12H12N2O7/c1-7(15)13-12(10(16)17,11(18)19)6-8-3-2-4-9(5-8)14(20)21/h2-5H,6H2,1H3,(H,13,15)(H,16,17)(H,18,19). The highest BCUT2D eigenvalue weighted by Crippen LogP contribution is 2.19. The van der Waals surface area contributed by atoms with Gasteiger partial charge in [0.1, 0.15) is 0 Å². The fraction of sp³-hybridized carbons (Fsp3) is 0.250. The molecule has 0 bridgehead atoms. The molecule has 0 aromatic heterocycles. The summed E-state index contributed by atoms with van der Waals surface area (Å²) in [6.07, 6.45) is -0.626. The first-order valence-corrected chi connectivity index (χ1v) is 5.68. The number of hydrogen-bond acceptors (Lipinski definition) is 5. The van der Waals surface area contributed by atoms with Gasteiger partial charge in [0.25, 0.3) is 5.69 Å². The fourth-order valence-electron chi connectivity index (χ4n) is 1.78. The van der Waals surface area contributed by atoms with Crippen LogP contribution in [0.1, 0.15) is 12.5 Å². The van der Waals surface area contributed by atoms with Crippen LogP contribution < -0.4 is 5.32 Å². The Balaban J connectivity index is 3.26. The first-order chi connectivity index (χ1) is 9.69. The Labute approximate surface area is 118 Å². The average molecular weight is 296 g/mol. The van der Waals surface area contributed by atoms with Crippen LogP contribution in [0.5, 0.6) is 0 Å².